The van der Waals surface area contributed by atoms with Gasteiger partial charge in [-0.3, -0.25) is 4.79 Å². The number of hydrogen-bond acceptors (Lipinski definition) is 2. The maximum absolute atomic E-state index is 12.3. The van der Waals surface area contributed by atoms with E-state index in [1.807, 2.05) is 0 Å². The molecule has 0 fully saturated rings. The first-order valence-electron chi connectivity index (χ1n) is 7.39. The average molecular weight is 255 g/mol. The highest BCUT2D eigenvalue weighted by molar-refractivity contribution is 6.04. The molecule has 0 radical (unpaired) electrons. The summed E-state index contributed by atoms with van der Waals surface area (Å²) in [6.07, 6.45) is 3.05. The molecular formula is C17H21NO. The van der Waals surface area contributed by atoms with Crippen molar-refractivity contribution in [2.45, 2.75) is 50.9 Å². The lowest BCUT2D eigenvalue weighted by Gasteiger charge is -2.47. The molecule has 2 aliphatic heterocycles. The number of ketones is 1. The van der Waals surface area contributed by atoms with E-state index in [9.17, 15) is 4.79 Å². The van der Waals surface area contributed by atoms with E-state index < -0.39 is 0 Å². The summed E-state index contributed by atoms with van der Waals surface area (Å²) in [5.74, 6) is 0.352. The molecular weight excluding hydrogens is 234 g/mol. The molecule has 19 heavy (non-hydrogen) atoms. The van der Waals surface area contributed by atoms with Crippen LogP contribution in [0, 0.1) is 0 Å². The minimum Gasteiger partial charge on any atom is -0.371 e. The Labute approximate surface area is 114 Å². The van der Waals surface area contributed by atoms with Gasteiger partial charge in [-0.2, -0.15) is 0 Å². The van der Waals surface area contributed by atoms with Crippen molar-refractivity contribution in [1.82, 2.24) is 0 Å². The van der Waals surface area contributed by atoms with E-state index in [2.05, 4.69) is 37.8 Å². The van der Waals surface area contributed by atoms with E-state index in [1.165, 1.54) is 23.2 Å². The number of hydrogen-bond donors (Lipinski definition) is 0. The first-order valence-corrected chi connectivity index (χ1v) is 7.39. The fourth-order valence-corrected chi connectivity index (χ4v) is 4.33. The fraction of sp³-hybridized carbons (Fsp3) is 0.588. The molecule has 100 valence electrons. The minimum atomic E-state index is 0.0989. The van der Waals surface area contributed by atoms with Gasteiger partial charge in [-0.15, -0.1) is 0 Å². The monoisotopic (exact) mass is 255 g/mol. The molecule has 1 aromatic rings. The van der Waals surface area contributed by atoms with Crippen LogP contribution in [0.5, 0.6) is 0 Å². The van der Waals surface area contributed by atoms with E-state index in [-0.39, 0.29) is 10.8 Å². The predicted octanol–water partition coefficient (Wildman–Crippen LogP) is 3.42. The van der Waals surface area contributed by atoms with Crippen LogP contribution >= 0.6 is 0 Å². The number of Topliss-reactive ketones (excluding diaryl/α,β-unsaturated/α-hetero) is 1. The lowest BCUT2D eigenvalue weighted by molar-refractivity contribution is 0.0975. The summed E-state index contributed by atoms with van der Waals surface area (Å²) < 4.78 is 0. The molecule has 1 aliphatic carbocycles. The molecule has 0 saturated carbocycles. The maximum Gasteiger partial charge on any atom is 0.164 e. The Morgan fingerprint density at radius 2 is 1.84 bits per heavy atom. The summed E-state index contributed by atoms with van der Waals surface area (Å²) in [5.41, 5.74) is 5.58. The van der Waals surface area contributed by atoms with Crippen LogP contribution in [0.15, 0.2) is 12.1 Å². The van der Waals surface area contributed by atoms with E-state index >= 15 is 0 Å². The van der Waals surface area contributed by atoms with Gasteiger partial charge < -0.3 is 4.90 Å². The molecule has 1 atom stereocenters. The predicted molar refractivity (Wildman–Crippen MR) is 77.2 cm³/mol. The highest BCUT2D eigenvalue weighted by atomic mass is 16.1. The molecule has 4 rings (SSSR count). The van der Waals surface area contributed by atoms with Crippen LogP contribution in [0.2, 0.25) is 0 Å². The summed E-state index contributed by atoms with van der Waals surface area (Å²) in [5, 5.41) is 0. The number of nitrogens with zero attached hydrogens (tertiary/aromatic N) is 1. The lowest BCUT2D eigenvalue weighted by atomic mass is 9.70. The Balaban J connectivity index is 2.08. The number of rotatable bonds is 0. The van der Waals surface area contributed by atoms with Gasteiger partial charge in [-0.05, 0) is 29.4 Å². The van der Waals surface area contributed by atoms with Gasteiger partial charge in [-0.1, -0.05) is 32.9 Å². The van der Waals surface area contributed by atoms with Gasteiger partial charge in [0.2, 0.25) is 0 Å². The zero-order valence-electron chi connectivity index (χ0n) is 12.0. The van der Waals surface area contributed by atoms with E-state index in [0.717, 1.165) is 25.1 Å². The quantitative estimate of drug-likeness (QED) is 0.708. The van der Waals surface area contributed by atoms with E-state index in [0.29, 0.717) is 12.2 Å². The summed E-state index contributed by atoms with van der Waals surface area (Å²) in [4.78, 5) is 14.8. The average Bonchev–Trinajstić information content (AvgIpc) is 2.61. The Morgan fingerprint density at radius 3 is 2.63 bits per heavy atom. The van der Waals surface area contributed by atoms with Gasteiger partial charge in [0.15, 0.2) is 5.78 Å². The second-order valence-electron chi connectivity index (χ2n) is 7.42. The molecule has 0 N–H and O–H groups in total. The standard InChI is InChI=1S/C17H21NO/c1-16(2)6-8-18-9-7-17(3)10-13(19)11-4-5-12(16)15(18)14(11)17/h4-5H,6-10H2,1-3H3. The maximum atomic E-state index is 12.3. The molecule has 0 bridgehead atoms. The molecule has 2 heteroatoms. The van der Waals surface area contributed by atoms with Crippen LogP contribution in [-0.4, -0.2) is 18.9 Å². The second-order valence-corrected chi connectivity index (χ2v) is 7.42. The van der Waals surface area contributed by atoms with Gasteiger partial charge in [0.25, 0.3) is 0 Å². The van der Waals surface area contributed by atoms with Crippen LogP contribution in [0.4, 0.5) is 5.69 Å². The molecule has 0 amide bonds. The summed E-state index contributed by atoms with van der Waals surface area (Å²) >= 11 is 0. The topological polar surface area (TPSA) is 20.3 Å². The SMILES string of the molecule is CC1(C)CCN2CCC3(C)CC(=O)c4ccc1c2c43. The van der Waals surface area contributed by atoms with Crippen molar-refractivity contribution in [3.8, 4) is 0 Å². The van der Waals surface area contributed by atoms with Crippen molar-refractivity contribution < 1.29 is 4.79 Å². The number of carbonyl (C=O) groups is 1. The second kappa shape index (κ2) is 3.23. The molecule has 3 aliphatic rings. The van der Waals surface area contributed by atoms with Gasteiger partial charge in [-0.25, -0.2) is 0 Å². The number of anilines is 1. The smallest absolute Gasteiger partial charge is 0.164 e. The van der Waals surface area contributed by atoms with Gasteiger partial charge >= 0.3 is 0 Å². The van der Waals surface area contributed by atoms with Crippen LogP contribution in [0.1, 0.15) is 61.5 Å². The van der Waals surface area contributed by atoms with Crippen LogP contribution in [0.3, 0.4) is 0 Å². The van der Waals surface area contributed by atoms with E-state index in [4.69, 9.17) is 0 Å². The normalized spacial score (nSPS) is 30.5. The Kier molecular flexibility index (Phi) is 1.95. The van der Waals surface area contributed by atoms with Crippen LogP contribution < -0.4 is 4.90 Å². The molecule has 1 aromatic carbocycles. The Hall–Kier alpha value is -1.31. The zero-order valence-corrected chi connectivity index (χ0v) is 12.0. The largest absolute Gasteiger partial charge is 0.371 e. The summed E-state index contributed by atoms with van der Waals surface area (Å²) in [7, 11) is 0. The zero-order chi connectivity index (χ0) is 13.4. The van der Waals surface area contributed by atoms with Crippen molar-refractivity contribution in [3.05, 3.63) is 28.8 Å². The highest BCUT2D eigenvalue weighted by Gasteiger charge is 2.48. The molecule has 0 spiro atoms. The first kappa shape index (κ1) is 11.5. The van der Waals surface area contributed by atoms with Crippen molar-refractivity contribution in [2.24, 2.45) is 0 Å². The molecule has 0 saturated heterocycles. The third-order valence-electron chi connectivity index (χ3n) is 5.62. The van der Waals surface area contributed by atoms with Crippen LogP contribution in [-0.2, 0) is 10.8 Å². The number of benzene rings is 1. The molecule has 0 aromatic heterocycles. The van der Waals surface area contributed by atoms with E-state index in [1.54, 1.807) is 0 Å². The van der Waals surface area contributed by atoms with Gasteiger partial charge in [0.05, 0.1) is 0 Å². The van der Waals surface area contributed by atoms with Crippen molar-refractivity contribution >= 4 is 11.5 Å². The van der Waals surface area contributed by atoms with Crippen molar-refractivity contribution in [1.29, 1.82) is 0 Å². The molecule has 2 nitrogen and oxygen atoms in total. The van der Waals surface area contributed by atoms with Crippen LogP contribution in [0.25, 0.3) is 0 Å². The third kappa shape index (κ3) is 1.30. The summed E-state index contributed by atoms with van der Waals surface area (Å²) in [6.45, 7) is 9.22. The highest BCUT2D eigenvalue weighted by Crippen LogP contribution is 2.54. The molecule has 1 unspecified atom stereocenters. The van der Waals surface area contributed by atoms with Gasteiger partial charge in [0.1, 0.15) is 0 Å². The van der Waals surface area contributed by atoms with Gasteiger partial charge in [0, 0.05) is 36.2 Å². The fourth-order valence-electron chi connectivity index (χ4n) is 4.33. The Morgan fingerprint density at radius 1 is 1.11 bits per heavy atom. The minimum absolute atomic E-state index is 0.0989. The third-order valence-corrected chi connectivity index (χ3v) is 5.62. The summed E-state index contributed by atoms with van der Waals surface area (Å²) in [6, 6.07) is 4.31. The van der Waals surface area contributed by atoms with Crippen molar-refractivity contribution in [3.63, 3.8) is 0 Å². The molecule has 2 heterocycles. The first-order chi connectivity index (χ1) is 8.92. The Bertz CT molecular complexity index is 602. The van der Waals surface area contributed by atoms with Crippen molar-refractivity contribution in [2.75, 3.05) is 18.0 Å². The number of carbonyl (C=O) groups excluding carboxylic acids is 1. The lowest BCUT2D eigenvalue weighted by Crippen LogP contribution is -2.44.